The number of non-ortho nitro benzene ring substituents is 1. The van der Waals surface area contributed by atoms with Gasteiger partial charge in [0.1, 0.15) is 5.92 Å². The summed E-state index contributed by atoms with van der Waals surface area (Å²) in [6.45, 7) is 4.65. The molecule has 0 saturated carbocycles. The molecule has 0 heterocycles. The lowest BCUT2D eigenvalue weighted by atomic mass is 9.97. The van der Waals surface area contributed by atoms with Crippen molar-refractivity contribution in [2.24, 2.45) is 11.7 Å². The zero-order valence-corrected chi connectivity index (χ0v) is 12.1. The maximum Gasteiger partial charge on any atom is 0.269 e. The lowest BCUT2D eigenvalue weighted by Crippen LogP contribution is -2.42. The van der Waals surface area contributed by atoms with E-state index in [1.165, 1.54) is 24.3 Å². The number of nitro benzene ring substituents is 1. The lowest BCUT2D eigenvalue weighted by Gasteiger charge is -2.23. The number of primary amides is 1. The van der Waals surface area contributed by atoms with Gasteiger partial charge in [-0.1, -0.05) is 12.1 Å². The van der Waals surface area contributed by atoms with Crippen LogP contribution in [0.2, 0.25) is 0 Å². The molecule has 0 saturated heterocycles. The molecule has 114 valence electrons. The Kier molecular flexibility index (Phi) is 5.83. The van der Waals surface area contributed by atoms with Crippen molar-refractivity contribution >= 4 is 17.5 Å². The standard InChI is InChI=1S/C14H19N3O4/c1-3-16(4-2)14(19)12(13(15)18)9-10-5-7-11(8-6-10)17(20)21/h5-8,12H,3-4,9H2,1-2H3,(H2,15,18). The molecule has 1 rings (SSSR count). The first kappa shape index (κ1) is 16.6. The van der Waals surface area contributed by atoms with E-state index in [-0.39, 0.29) is 18.0 Å². The third-order valence-electron chi connectivity index (χ3n) is 3.30. The molecular weight excluding hydrogens is 274 g/mol. The van der Waals surface area contributed by atoms with Crippen molar-refractivity contribution < 1.29 is 14.5 Å². The number of rotatable bonds is 7. The highest BCUT2D eigenvalue weighted by Crippen LogP contribution is 2.16. The zero-order chi connectivity index (χ0) is 16.0. The average Bonchev–Trinajstić information content (AvgIpc) is 2.46. The summed E-state index contributed by atoms with van der Waals surface area (Å²) in [6.07, 6.45) is 0.142. The molecule has 0 radical (unpaired) electrons. The summed E-state index contributed by atoms with van der Waals surface area (Å²) in [7, 11) is 0. The quantitative estimate of drug-likeness (QED) is 0.461. The molecule has 0 bridgehead atoms. The minimum absolute atomic E-state index is 0.0376. The maximum atomic E-state index is 12.2. The number of nitrogens with two attached hydrogens (primary N) is 1. The van der Waals surface area contributed by atoms with Crippen molar-refractivity contribution in [3.63, 3.8) is 0 Å². The van der Waals surface area contributed by atoms with Gasteiger partial charge in [-0.25, -0.2) is 0 Å². The van der Waals surface area contributed by atoms with Crippen LogP contribution >= 0.6 is 0 Å². The Hall–Kier alpha value is -2.44. The minimum atomic E-state index is -0.952. The third-order valence-corrected chi connectivity index (χ3v) is 3.30. The largest absolute Gasteiger partial charge is 0.369 e. The molecular formula is C14H19N3O4. The predicted molar refractivity (Wildman–Crippen MR) is 77.4 cm³/mol. The normalized spacial score (nSPS) is 11.7. The van der Waals surface area contributed by atoms with E-state index >= 15 is 0 Å². The first-order chi connectivity index (χ1) is 9.90. The monoisotopic (exact) mass is 293 g/mol. The first-order valence-electron chi connectivity index (χ1n) is 6.72. The fourth-order valence-corrected chi connectivity index (χ4v) is 2.05. The van der Waals surface area contributed by atoms with Gasteiger partial charge < -0.3 is 10.6 Å². The highest BCUT2D eigenvalue weighted by atomic mass is 16.6. The Balaban J connectivity index is 2.90. The highest BCUT2D eigenvalue weighted by molar-refractivity contribution is 5.99. The van der Waals surface area contributed by atoms with Crippen LogP contribution < -0.4 is 5.73 Å². The van der Waals surface area contributed by atoms with Gasteiger partial charge >= 0.3 is 0 Å². The molecule has 1 unspecified atom stereocenters. The van der Waals surface area contributed by atoms with E-state index in [2.05, 4.69) is 0 Å². The van der Waals surface area contributed by atoms with E-state index in [1.807, 2.05) is 13.8 Å². The van der Waals surface area contributed by atoms with Gasteiger partial charge in [0, 0.05) is 25.2 Å². The van der Waals surface area contributed by atoms with Crippen LogP contribution in [-0.2, 0) is 16.0 Å². The molecule has 1 atom stereocenters. The van der Waals surface area contributed by atoms with Crippen LogP contribution in [0, 0.1) is 16.0 Å². The Labute approximate surface area is 122 Å². The average molecular weight is 293 g/mol. The van der Waals surface area contributed by atoms with Crippen molar-refractivity contribution in [2.45, 2.75) is 20.3 Å². The SMILES string of the molecule is CCN(CC)C(=O)C(Cc1ccc([N+](=O)[O-])cc1)C(N)=O. The summed E-state index contributed by atoms with van der Waals surface area (Å²) in [5.41, 5.74) is 5.94. The van der Waals surface area contributed by atoms with Crippen LogP contribution in [0.4, 0.5) is 5.69 Å². The molecule has 0 spiro atoms. The van der Waals surface area contributed by atoms with Gasteiger partial charge in [0.2, 0.25) is 11.8 Å². The van der Waals surface area contributed by atoms with Gasteiger partial charge in [0.15, 0.2) is 0 Å². The Morgan fingerprint density at radius 3 is 2.14 bits per heavy atom. The number of amides is 2. The summed E-state index contributed by atoms with van der Waals surface area (Å²) in [5.74, 6) is -1.96. The van der Waals surface area contributed by atoms with Crippen LogP contribution in [-0.4, -0.2) is 34.7 Å². The molecule has 7 nitrogen and oxygen atoms in total. The van der Waals surface area contributed by atoms with E-state index in [0.29, 0.717) is 18.7 Å². The smallest absolute Gasteiger partial charge is 0.269 e. The molecule has 0 fully saturated rings. The number of benzene rings is 1. The van der Waals surface area contributed by atoms with Crippen molar-refractivity contribution in [1.29, 1.82) is 0 Å². The van der Waals surface area contributed by atoms with Gasteiger partial charge in [-0.15, -0.1) is 0 Å². The summed E-state index contributed by atoms with van der Waals surface area (Å²) < 4.78 is 0. The van der Waals surface area contributed by atoms with E-state index in [4.69, 9.17) is 5.73 Å². The summed E-state index contributed by atoms with van der Waals surface area (Å²) in [4.78, 5) is 35.4. The van der Waals surface area contributed by atoms with Crippen molar-refractivity contribution in [3.05, 3.63) is 39.9 Å². The maximum absolute atomic E-state index is 12.2. The fraction of sp³-hybridized carbons (Fsp3) is 0.429. The number of carbonyl (C=O) groups excluding carboxylic acids is 2. The molecule has 0 aromatic heterocycles. The summed E-state index contributed by atoms with van der Waals surface area (Å²) in [5, 5.41) is 10.6. The van der Waals surface area contributed by atoms with Gasteiger partial charge in [-0.3, -0.25) is 19.7 Å². The van der Waals surface area contributed by atoms with E-state index in [0.717, 1.165) is 0 Å². The van der Waals surface area contributed by atoms with E-state index in [1.54, 1.807) is 4.90 Å². The fourth-order valence-electron chi connectivity index (χ4n) is 2.05. The second-order valence-electron chi connectivity index (χ2n) is 4.59. The van der Waals surface area contributed by atoms with Crippen LogP contribution in [0.5, 0.6) is 0 Å². The number of carbonyl (C=O) groups is 2. The molecule has 0 aliphatic rings. The van der Waals surface area contributed by atoms with Gasteiger partial charge in [-0.05, 0) is 25.8 Å². The molecule has 2 amide bonds. The van der Waals surface area contributed by atoms with E-state index < -0.39 is 16.7 Å². The molecule has 1 aromatic carbocycles. The Morgan fingerprint density at radius 1 is 1.24 bits per heavy atom. The van der Waals surface area contributed by atoms with E-state index in [9.17, 15) is 19.7 Å². The molecule has 0 aliphatic carbocycles. The molecule has 1 aromatic rings. The molecule has 21 heavy (non-hydrogen) atoms. The summed E-state index contributed by atoms with van der Waals surface area (Å²) >= 11 is 0. The summed E-state index contributed by atoms with van der Waals surface area (Å²) in [6, 6.07) is 5.75. The molecule has 2 N–H and O–H groups in total. The van der Waals surface area contributed by atoms with Gasteiger partial charge in [0.25, 0.3) is 5.69 Å². The topological polar surface area (TPSA) is 107 Å². The number of nitrogens with zero attached hydrogens (tertiary/aromatic N) is 2. The van der Waals surface area contributed by atoms with Gasteiger partial charge in [0.05, 0.1) is 4.92 Å². The molecule has 7 heteroatoms. The Bertz CT molecular complexity index is 524. The first-order valence-corrected chi connectivity index (χ1v) is 6.72. The second-order valence-corrected chi connectivity index (χ2v) is 4.59. The van der Waals surface area contributed by atoms with Crippen molar-refractivity contribution in [3.8, 4) is 0 Å². The van der Waals surface area contributed by atoms with Crippen molar-refractivity contribution in [2.75, 3.05) is 13.1 Å². The lowest BCUT2D eigenvalue weighted by molar-refractivity contribution is -0.384. The van der Waals surface area contributed by atoms with Gasteiger partial charge in [-0.2, -0.15) is 0 Å². The number of hydrogen-bond acceptors (Lipinski definition) is 4. The van der Waals surface area contributed by atoms with Crippen molar-refractivity contribution in [1.82, 2.24) is 4.90 Å². The Morgan fingerprint density at radius 2 is 1.76 bits per heavy atom. The third kappa shape index (κ3) is 4.27. The predicted octanol–water partition coefficient (Wildman–Crippen LogP) is 1.11. The van der Waals surface area contributed by atoms with Crippen LogP contribution in [0.3, 0.4) is 0 Å². The van der Waals surface area contributed by atoms with Crippen LogP contribution in [0.15, 0.2) is 24.3 Å². The molecule has 0 aliphatic heterocycles. The minimum Gasteiger partial charge on any atom is -0.369 e. The number of nitro groups is 1. The zero-order valence-electron chi connectivity index (χ0n) is 12.1. The van der Waals surface area contributed by atoms with Crippen LogP contribution in [0.25, 0.3) is 0 Å². The second kappa shape index (κ2) is 7.37. The van der Waals surface area contributed by atoms with Crippen LogP contribution in [0.1, 0.15) is 19.4 Å². The number of hydrogen-bond donors (Lipinski definition) is 1. The highest BCUT2D eigenvalue weighted by Gasteiger charge is 2.28.